The standard InChI is InChI=1S/C20H21F3N4O3/c1-24-9-14(29-2)8-17-25-10-15(26-17)13-6-12-4-5-27(11-20(21,22)23)19(28)18(12)16(7-13)30-3/h6-10H,4-5,11H2,1-3H3,(H,25,26)/b14-8+,24-9-. The SMILES string of the molecule is C/N=C\C(=C/c1ncc(-c2cc3c(c(OC)c2)C(=O)N(CC(F)(F)F)CC3)[nH]1)OC. The molecule has 7 nitrogen and oxygen atoms in total. The molecule has 2 heterocycles. The van der Waals surface area contributed by atoms with Crippen molar-refractivity contribution in [2.24, 2.45) is 4.99 Å². The lowest BCUT2D eigenvalue weighted by Gasteiger charge is -2.30. The number of amides is 1. The molecular weight excluding hydrogens is 401 g/mol. The summed E-state index contributed by atoms with van der Waals surface area (Å²) in [5.74, 6) is 0.582. The highest BCUT2D eigenvalue weighted by Gasteiger charge is 2.37. The number of hydrogen-bond donors (Lipinski definition) is 1. The van der Waals surface area contributed by atoms with Crippen molar-refractivity contribution >= 4 is 18.2 Å². The minimum Gasteiger partial charge on any atom is -0.496 e. The normalized spacial score (nSPS) is 14.9. The lowest BCUT2D eigenvalue weighted by molar-refractivity contribution is -0.141. The van der Waals surface area contributed by atoms with Gasteiger partial charge in [0.15, 0.2) is 0 Å². The first-order valence-electron chi connectivity index (χ1n) is 9.06. The summed E-state index contributed by atoms with van der Waals surface area (Å²) in [5, 5.41) is 0. The van der Waals surface area contributed by atoms with Gasteiger partial charge in [-0.05, 0) is 24.1 Å². The van der Waals surface area contributed by atoms with Gasteiger partial charge in [-0.3, -0.25) is 9.79 Å². The Balaban J connectivity index is 1.95. The number of rotatable bonds is 6. The lowest BCUT2D eigenvalue weighted by atomic mass is 9.94. The maximum Gasteiger partial charge on any atom is 0.406 e. The van der Waals surface area contributed by atoms with Gasteiger partial charge in [0.2, 0.25) is 0 Å². The summed E-state index contributed by atoms with van der Waals surface area (Å²) >= 11 is 0. The molecule has 160 valence electrons. The third kappa shape index (κ3) is 4.64. The van der Waals surface area contributed by atoms with Gasteiger partial charge in [0.05, 0.1) is 37.9 Å². The number of aromatic amines is 1. The van der Waals surface area contributed by atoms with Crippen LogP contribution in [0.15, 0.2) is 29.1 Å². The molecule has 0 aliphatic carbocycles. The van der Waals surface area contributed by atoms with Crippen LogP contribution in [0.25, 0.3) is 17.3 Å². The third-order valence-electron chi connectivity index (χ3n) is 4.60. The number of aliphatic imine (C=N–C) groups is 1. The second kappa shape index (κ2) is 8.60. The van der Waals surface area contributed by atoms with Gasteiger partial charge in [-0.2, -0.15) is 13.2 Å². The zero-order valence-electron chi connectivity index (χ0n) is 16.7. The molecule has 1 aromatic carbocycles. The summed E-state index contributed by atoms with van der Waals surface area (Å²) in [7, 11) is 4.52. The molecule has 1 aliphatic heterocycles. The van der Waals surface area contributed by atoms with Crippen LogP contribution in [0.1, 0.15) is 21.7 Å². The van der Waals surface area contributed by atoms with Crippen molar-refractivity contribution in [3.63, 3.8) is 0 Å². The number of ether oxygens (including phenoxy) is 2. The number of allylic oxidation sites excluding steroid dienone is 1. The van der Waals surface area contributed by atoms with E-state index < -0.39 is 18.6 Å². The fraction of sp³-hybridized carbons (Fsp3) is 0.350. The second-order valence-electron chi connectivity index (χ2n) is 6.62. The van der Waals surface area contributed by atoms with E-state index in [0.29, 0.717) is 34.8 Å². The molecule has 3 rings (SSSR count). The largest absolute Gasteiger partial charge is 0.496 e. The van der Waals surface area contributed by atoms with Gasteiger partial charge >= 0.3 is 6.18 Å². The Morgan fingerprint density at radius 2 is 2.13 bits per heavy atom. The van der Waals surface area contributed by atoms with E-state index in [-0.39, 0.29) is 17.9 Å². The van der Waals surface area contributed by atoms with Crippen molar-refractivity contribution < 1.29 is 27.4 Å². The van der Waals surface area contributed by atoms with Crippen LogP contribution < -0.4 is 4.74 Å². The molecule has 0 fully saturated rings. The van der Waals surface area contributed by atoms with Gasteiger partial charge in [0.25, 0.3) is 5.91 Å². The Kier molecular flexibility index (Phi) is 6.14. The highest BCUT2D eigenvalue weighted by atomic mass is 19.4. The van der Waals surface area contributed by atoms with Gasteiger partial charge in [-0.1, -0.05) is 0 Å². The van der Waals surface area contributed by atoms with Gasteiger partial charge in [-0.15, -0.1) is 0 Å². The average molecular weight is 422 g/mol. The van der Waals surface area contributed by atoms with Crippen LogP contribution in [-0.4, -0.2) is 67.5 Å². The number of aromatic nitrogens is 2. The number of nitrogens with zero attached hydrogens (tertiary/aromatic N) is 3. The Hall–Kier alpha value is -3.30. The summed E-state index contributed by atoms with van der Waals surface area (Å²) in [6.07, 6.45) is 0.670. The molecule has 0 atom stereocenters. The Bertz CT molecular complexity index is 978. The van der Waals surface area contributed by atoms with E-state index in [1.807, 2.05) is 0 Å². The average Bonchev–Trinajstić information content (AvgIpc) is 3.16. The van der Waals surface area contributed by atoms with Crippen LogP contribution in [0, 0.1) is 0 Å². The van der Waals surface area contributed by atoms with E-state index in [2.05, 4.69) is 15.0 Å². The van der Waals surface area contributed by atoms with Crippen LogP contribution in [-0.2, 0) is 11.2 Å². The molecular formula is C20H21F3N4O3. The fourth-order valence-corrected chi connectivity index (χ4v) is 3.28. The lowest BCUT2D eigenvalue weighted by Crippen LogP contribution is -2.43. The van der Waals surface area contributed by atoms with E-state index in [9.17, 15) is 18.0 Å². The van der Waals surface area contributed by atoms with Crippen LogP contribution in [0.4, 0.5) is 13.2 Å². The fourth-order valence-electron chi connectivity index (χ4n) is 3.28. The predicted octanol–water partition coefficient (Wildman–Crippen LogP) is 3.33. The van der Waals surface area contributed by atoms with Gasteiger partial charge < -0.3 is 19.4 Å². The number of carbonyl (C=O) groups excluding carboxylic acids is 1. The molecule has 30 heavy (non-hydrogen) atoms. The van der Waals surface area contributed by atoms with Crippen LogP contribution in [0.2, 0.25) is 0 Å². The number of H-pyrrole nitrogens is 1. The topological polar surface area (TPSA) is 79.8 Å². The summed E-state index contributed by atoms with van der Waals surface area (Å²) in [4.78, 5) is 24.7. The summed E-state index contributed by atoms with van der Waals surface area (Å²) < 4.78 is 48.8. The molecule has 1 amide bonds. The first kappa shape index (κ1) is 21.4. The maximum atomic E-state index is 12.8. The van der Waals surface area contributed by atoms with Gasteiger partial charge in [0.1, 0.15) is 23.9 Å². The maximum absolute atomic E-state index is 12.8. The third-order valence-corrected chi connectivity index (χ3v) is 4.60. The van der Waals surface area contributed by atoms with Crippen molar-refractivity contribution in [1.29, 1.82) is 0 Å². The minimum atomic E-state index is -4.45. The minimum absolute atomic E-state index is 0.0114. The van der Waals surface area contributed by atoms with Gasteiger partial charge in [-0.25, -0.2) is 4.98 Å². The summed E-state index contributed by atoms with van der Waals surface area (Å²) in [5.41, 5.74) is 2.17. The molecule has 0 spiro atoms. The monoisotopic (exact) mass is 422 g/mol. The number of nitrogens with one attached hydrogen (secondary N) is 1. The number of methoxy groups -OCH3 is 2. The van der Waals surface area contributed by atoms with Crippen LogP contribution in [0.5, 0.6) is 5.75 Å². The molecule has 0 bridgehead atoms. The molecule has 0 saturated heterocycles. The molecule has 10 heteroatoms. The van der Waals surface area contributed by atoms with E-state index in [4.69, 9.17) is 9.47 Å². The molecule has 0 saturated carbocycles. The molecule has 0 unspecified atom stereocenters. The Morgan fingerprint density at radius 1 is 1.37 bits per heavy atom. The number of imidazole rings is 1. The number of carbonyl (C=O) groups is 1. The zero-order valence-corrected chi connectivity index (χ0v) is 16.7. The number of halogens is 3. The number of benzene rings is 1. The first-order chi connectivity index (χ1) is 14.3. The van der Waals surface area contributed by atoms with E-state index >= 15 is 0 Å². The second-order valence-corrected chi connectivity index (χ2v) is 6.62. The smallest absolute Gasteiger partial charge is 0.406 e. The summed E-state index contributed by atoms with van der Waals surface area (Å²) in [6.45, 7) is -1.29. The highest BCUT2D eigenvalue weighted by Crippen LogP contribution is 2.34. The highest BCUT2D eigenvalue weighted by molar-refractivity contribution is 6.00. The first-order valence-corrected chi connectivity index (χ1v) is 9.06. The van der Waals surface area contributed by atoms with Crippen LogP contribution >= 0.6 is 0 Å². The van der Waals surface area contributed by atoms with Crippen molar-refractivity contribution in [3.8, 4) is 17.0 Å². The van der Waals surface area contributed by atoms with E-state index in [1.54, 1.807) is 37.7 Å². The van der Waals surface area contributed by atoms with E-state index in [0.717, 1.165) is 4.90 Å². The quantitative estimate of drug-likeness (QED) is 0.572. The molecule has 1 N–H and O–H groups in total. The predicted molar refractivity (Wildman–Crippen MR) is 106 cm³/mol. The van der Waals surface area contributed by atoms with Gasteiger partial charge in [0, 0.05) is 25.2 Å². The van der Waals surface area contributed by atoms with Crippen molar-refractivity contribution in [2.75, 3.05) is 34.4 Å². The zero-order chi connectivity index (χ0) is 21.9. The Morgan fingerprint density at radius 3 is 2.77 bits per heavy atom. The molecule has 1 aliphatic rings. The van der Waals surface area contributed by atoms with E-state index in [1.165, 1.54) is 14.2 Å². The van der Waals surface area contributed by atoms with Crippen molar-refractivity contribution in [2.45, 2.75) is 12.6 Å². The van der Waals surface area contributed by atoms with Crippen molar-refractivity contribution in [1.82, 2.24) is 14.9 Å². The molecule has 2 aromatic rings. The molecule has 1 aromatic heterocycles. The number of hydrogen-bond acceptors (Lipinski definition) is 5. The van der Waals surface area contributed by atoms with Crippen LogP contribution in [0.3, 0.4) is 0 Å². The summed E-state index contributed by atoms with van der Waals surface area (Å²) in [6, 6.07) is 3.38. The number of fused-ring (bicyclic) bond motifs is 1. The number of alkyl halides is 3. The van der Waals surface area contributed by atoms with Crippen molar-refractivity contribution in [3.05, 3.63) is 41.0 Å². The molecule has 0 radical (unpaired) electrons. The Labute approximate surface area is 171 Å².